The topological polar surface area (TPSA) is 98.0 Å². The van der Waals surface area contributed by atoms with Crippen LogP contribution in [-0.2, 0) is 0 Å². The first-order valence-corrected chi connectivity index (χ1v) is 7.06. The van der Waals surface area contributed by atoms with Crippen LogP contribution in [0.5, 0.6) is 0 Å². The second-order valence-corrected chi connectivity index (χ2v) is 4.90. The van der Waals surface area contributed by atoms with Crippen molar-refractivity contribution in [1.29, 1.82) is 0 Å². The van der Waals surface area contributed by atoms with Gasteiger partial charge in [-0.15, -0.1) is 0 Å². The molecule has 0 saturated heterocycles. The highest BCUT2D eigenvalue weighted by molar-refractivity contribution is 6.06. The van der Waals surface area contributed by atoms with E-state index in [-0.39, 0.29) is 11.4 Å². The largest absolute Gasteiger partial charge is 0.364 e. The van der Waals surface area contributed by atoms with Crippen LogP contribution in [0.2, 0.25) is 0 Å². The molecule has 0 saturated carbocycles. The van der Waals surface area contributed by atoms with Crippen molar-refractivity contribution in [1.82, 2.24) is 9.97 Å². The van der Waals surface area contributed by atoms with Gasteiger partial charge in [-0.2, -0.15) is 0 Å². The quantitative estimate of drug-likeness (QED) is 0.587. The molecule has 24 heavy (non-hydrogen) atoms. The van der Waals surface area contributed by atoms with Crippen molar-refractivity contribution >= 4 is 17.4 Å². The fraction of sp³-hybridized carbons (Fsp3) is 0. The van der Waals surface area contributed by atoms with Gasteiger partial charge >= 0.3 is 5.82 Å². The van der Waals surface area contributed by atoms with Gasteiger partial charge in [-0.25, -0.2) is 0 Å². The number of carbonyl (C=O) groups is 1. The number of benzene rings is 1. The van der Waals surface area contributed by atoms with E-state index in [0.717, 1.165) is 17.2 Å². The minimum atomic E-state index is -0.643. The zero-order valence-electron chi connectivity index (χ0n) is 12.4. The Bertz CT molecular complexity index is 897. The number of hydrogen-bond acceptors (Lipinski definition) is 5. The minimum absolute atomic E-state index is 0.152. The molecule has 0 aliphatic carbocycles. The lowest BCUT2D eigenvalue weighted by atomic mass is 10.1. The van der Waals surface area contributed by atoms with Crippen molar-refractivity contribution in [3.05, 3.63) is 82.8 Å². The number of anilines is 1. The molecule has 3 aromatic rings. The Kier molecular flexibility index (Phi) is 4.24. The van der Waals surface area contributed by atoms with Crippen molar-refractivity contribution in [3.63, 3.8) is 0 Å². The average Bonchev–Trinajstić information content (AvgIpc) is 2.63. The Morgan fingerprint density at radius 1 is 1.08 bits per heavy atom. The molecule has 0 unspecified atom stereocenters. The van der Waals surface area contributed by atoms with Crippen LogP contribution in [0.15, 0.2) is 67.1 Å². The summed E-state index contributed by atoms with van der Waals surface area (Å²) in [7, 11) is 0. The zero-order valence-corrected chi connectivity index (χ0v) is 12.4. The van der Waals surface area contributed by atoms with Crippen LogP contribution in [0.1, 0.15) is 10.4 Å². The van der Waals surface area contributed by atoms with E-state index in [1.807, 2.05) is 30.3 Å². The lowest BCUT2D eigenvalue weighted by Gasteiger charge is -2.10. The maximum absolute atomic E-state index is 12.4. The van der Waals surface area contributed by atoms with E-state index in [4.69, 9.17) is 0 Å². The number of nitrogens with one attached hydrogen (secondary N) is 1. The lowest BCUT2D eigenvalue weighted by Crippen LogP contribution is -2.13. The van der Waals surface area contributed by atoms with Gasteiger partial charge in [0.15, 0.2) is 0 Å². The number of hydrogen-bond donors (Lipinski definition) is 1. The number of rotatable bonds is 4. The first-order valence-electron chi connectivity index (χ1n) is 7.06. The molecule has 1 N–H and O–H groups in total. The van der Waals surface area contributed by atoms with E-state index in [0.29, 0.717) is 5.69 Å². The summed E-state index contributed by atoms with van der Waals surface area (Å²) >= 11 is 0. The summed E-state index contributed by atoms with van der Waals surface area (Å²) in [4.78, 5) is 30.1. The number of nitrogens with zero attached hydrogens (tertiary/aromatic N) is 3. The maximum atomic E-state index is 12.4. The van der Waals surface area contributed by atoms with Crippen molar-refractivity contribution < 1.29 is 9.72 Å². The van der Waals surface area contributed by atoms with E-state index in [1.165, 1.54) is 18.5 Å². The van der Waals surface area contributed by atoms with Crippen LogP contribution in [-0.4, -0.2) is 20.8 Å². The lowest BCUT2D eigenvalue weighted by molar-refractivity contribution is -0.389. The Morgan fingerprint density at radius 2 is 1.88 bits per heavy atom. The Morgan fingerprint density at radius 3 is 2.62 bits per heavy atom. The summed E-state index contributed by atoms with van der Waals surface area (Å²) in [6, 6.07) is 13.9. The van der Waals surface area contributed by atoms with Crippen molar-refractivity contribution in [2.45, 2.75) is 0 Å². The molecule has 0 bridgehead atoms. The summed E-state index contributed by atoms with van der Waals surface area (Å²) < 4.78 is 0. The molecule has 0 spiro atoms. The van der Waals surface area contributed by atoms with Crippen molar-refractivity contribution in [2.24, 2.45) is 0 Å². The predicted octanol–water partition coefficient (Wildman–Crippen LogP) is 3.30. The van der Waals surface area contributed by atoms with E-state index in [9.17, 15) is 14.9 Å². The van der Waals surface area contributed by atoms with Crippen LogP contribution >= 0.6 is 0 Å². The van der Waals surface area contributed by atoms with Gasteiger partial charge in [0.05, 0.1) is 17.4 Å². The predicted molar refractivity (Wildman–Crippen MR) is 88.5 cm³/mol. The maximum Gasteiger partial charge on any atom is 0.364 e. The summed E-state index contributed by atoms with van der Waals surface area (Å²) in [5.41, 5.74) is 2.41. The molecule has 1 aromatic carbocycles. The molecule has 118 valence electrons. The molecule has 0 fully saturated rings. The third-order valence-corrected chi connectivity index (χ3v) is 3.35. The Labute approximate surface area is 137 Å². The molecule has 0 atom stereocenters. The highest BCUT2D eigenvalue weighted by Crippen LogP contribution is 2.27. The highest BCUT2D eigenvalue weighted by Gasteiger charge is 2.15. The third-order valence-electron chi connectivity index (χ3n) is 3.35. The van der Waals surface area contributed by atoms with E-state index >= 15 is 0 Å². The molecular weight excluding hydrogens is 308 g/mol. The fourth-order valence-electron chi connectivity index (χ4n) is 2.22. The van der Waals surface area contributed by atoms with Gasteiger partial charge in [0.25, 0.3) is 5.91 Å². The van der Waals surface area contributed by atoms with Gasteiger partial charge in [-0.1, -0.05) is 30.3 Å². The normalized spacial score (nSPS) is 10.2. The van der Waals surface area contributed by atoms with E-state index < -0.39 is 10.8 Å². The SMILES string of the molecule is O=C(Nc1cnccc1-c1ccccc1)c1ccnc([N+](=O)[O-])c1. The van der Waals surface area contributed by atoms with Crippen molar-refractivity contribution in [3.8, 4) is 11.1 Å². The highest BCUT2D eigenvalue weighted by atomic mass is 16.6. The average molecular weight is 320 g/mol. The summed E-state index contributed by atoms with van der Waals surface area (Å²) in [5.74, 6) is -0.845. The molecule has 0 radical (unpaired) electrons. The smallest absolute Gasteiger partial charge is 0.358 e. The van der Waals surface area contributed by atoms with Crippen molar-refractivity contribution in [2.75, 3.05) is 5.32 Å². The summed E-state index contributed by atoms with van der Waals surface area (Å²) in [5, 5.41) is 13.5. The van der Waals surface area contributed by atoms with Gasteiger partial charge in [-0.05, 0) is 27.6 Å². The summed E-state index contributed by atoms with van der Waals surface area (Å²) in [6.07, 6.45) is 4.40. The second kappa shape index (κ2) is 6.66. The number of carbonyl (C=O) groups excluding carboxylic acids is 1. The first kappa shape index (κ1) is 15.3. The molecule has 7 nitrogen and oxygen atoms in total. The number of nitro groups is 1. The molecule has 0 aliphatic heterocycles. The van der Waals surface area contributed by atoms with E-state index in [2.05, 4.69) is 15.3 Å². The van der Waals surface area contributed by atoms with Gasteiger partial charge in [0.2, 0.25) is 0 Å². The monoisotopic (exact) mass is 320 g/mol. The van der Waals surface area contributed by atoms with Gasteiger partial charge in [0.1, 0.15) is 6.20 Å². The second-order valence-electron chi connectivity index (χ2n) is 4.90. The molecule has 2 heterocycles. The summed E-state index contributed by atoms with van der Waals surface area (Å²) in [6.45, 7) is 0. The third kappa shape index (κ3) is 3.25. The molecule has 1 amide bonds. The molecule has 7 heteroatoms. The minimum Gasteiger partial charge on any atom is -0.358 e. The molecular formula is C17H12N4O3. The van der Waals surface area contributed by atoms with Gasteiger partial charge < -0.3 is 15.4 Å². The number of pyridine rings is 2. The van der Waals surface area contributed by atoms with Crippen LogP contribution < -0.4 is 5.32 Å². The van der Waals surface area contributed by atoms with Crippen LogP contribution in [0.4, 0.5) is 11.5 Å². The van der Waals surface area contributed by atoms with Gasteiger partial charge in [0, 0.05) is 17.8 Å². The Hall–Kier alpha value is -3.61. The standard InChI is InChI=1S/C17H12N4O3/c22-17(13-6-9-19-16(10-13)21(23)24)20-15-11-18-8-7-14(15)12-4-2-1-3-5-12/h1-11H,(H,20,22). The van der Waals surface area contributed by atoms with E-state index in [1.54, 1.807) is 12.3 Å². The number of amides is 1. The first-order chi connectivity index (χ1) is 11.6. The Balaban J connectivity index is 1.91. The van der Waals surface area contributed by atoms with Crippen LogP contribution in [0.3, 0.4) is 0 Å². The molecule has 3 rings (SSSR count). The zero-order chi connectivity index (χ0) is 16.9. The molecule has 2 aromatic heterocycles. The molecule has 0 aliphatic rings. The van der Waals surface area contributed by atoms with Crippen LogP contribution in [0, 0.1) is 10.1 Å². The van der Waals surface area contributed by atoms with Crippen LogP contribution in [0.25, 0.3) is 11.1 Å². The number of aromatic nitrogens is 2. The van der Waals surface area contributed by atoms with Gasteiger partial charge in [-0.3, -0.25) is 9.78 Å². The fourth-order valence-corrected chi connectivity index (χ4v) is 2.22.